The molecule has 0 aliphatic heterocycles. The lowest BCUT2D eigenvalue weighted by atomic mass is 9.93. The van der Waals surface area contributed by atoms with Crippen LogP contribution in [0.25, 0.3) is 5.57 Å². The van der Waals surface area contributed by atoms with E-state index in [1.165, 1.54) is 23.5 Å². The van der Waals surface area contributed by atoms with Crippen molar-refractivity contribution in [1.82, 2.24) is 4.90 Å². The summed E-state index contributed by atoms with van der Waals surface area (Å²) >= 11 is 0. The van der Waals surface area contributed by atoms with Crippen LogP contribution in [0, 0.1) is 12.7 Å². The highest BCUT2D eigenvalue weighted by Crippen LogP contribution is 2.37. The number of halogens is 1. The van der Waals surface area contributed by atoms with Gasteiger partial charge in [-0.05, 0) is 74.1 Å². The molecule has 1 saturated carbocycles. The molecule has 0 aromatic heterocycles. The number of hydrogen-bond donors (Lipinski definition) is 0. The van der Waals surface area contributed by atoms with Gasteiger partial charge in [0, 0.05) is 24.4 Å². The normalized spacial score (nSPS) is 15.4. The Morgan fingerprint density at radius 3 is 2.47 bits per heavy atom. The smallest absolute Gasteiger partial charge is 0.213 e. The highest BCUT2D eigenvalue weighted by molar-refractivity contribution is 7.91. The number of amides is 1. The van der Waals surface area contributed by atoms with Crippen LogP contribution in [0.4, 0.5) is 4.39 Å². The molecule has 32 heavy (non-hydrogen) atoms. The zero-order valence-corrected chi connectivity index (χ0v) is 19.6. The number of benzene rings is 2. The van der Waals surface area contributed by atoms with E-state index >= 15 is 0 Å². The molecule has 1 amide bonds. The first-order valence-corrected chi connectivity index (χ1v) is 12.6. The Bertz CT molecular complexity index is 1100. The fourth-order valence-electron chi connectivity index (χ4n) is 3.99. The maximum Gasteiger partial charge on any atom is 0.213 e. The van der Waals surface area contributed by atoms with Crippen molar-refractivity contribution < 1.29 is 22.3 Å². The van der Waals surface area contributed by atoms with Crippen molar-refractivity contribution >= 4 is 21.8 Å². The van der Waals surface area contributed by atoms with Crippen molar-refractivity contribution in [3.8, 4) is 5.75 Å². The van der Waals surface area contributed by atoms with Crippen molar-refractivity contribution in [3.05, 3.63) is 65.1 Å². The molecule has 2 aromatic carbocycles. The second kappa shape index (κ2) is 10.3. The van der Waals surface area contributed by atoms with Crippen LogP contribution in [0.15, 0.2) is 47.5 Å². The monoisotopic (exact) mass is 459 g/mol. The third kappa shape index (κ3) is 5.57. The Labute approximate surface area is 189 Å². The Kier molecular flexibility index (Phi) is 7.72. The molecular weight excluding hydrogens is 429 g/mol. The predicted octanol–water partition coefficient (Wildman–Crippen LogP) is 5.12. The molecule has 1 aliphatic carbocycles. The van der Waals surface area contributed by atoms with Crippen molar-refractivity contribution in [2.24, 2.45) is 0 Å². The quantitative estimate of drug-likeness (QED) is 0.514. The molecular formula is C25H30FNO4S. The molecule has 7 heteroatoms. The van der Waals surface area contributed by atoms with Gasteiger partial charge in [0.2, 0.25) is 6.41 Å². The minimum atomic E-state index is -3.46. The summed E-state index contributed by atoms with van der Waals surface area (Å²) in [6, 6.07) is 9.27. The van der Waals surface area contributed by atoms with Crippen molar-refractivity contribution in [3.63, 3.8) is 0 Å². The third-order valence-electron chi connectivity index (χ3n) is 5.80. The van der Waals surface area contributed by atoms with Gasteiger partial charge in [-0.15, -0.1) is 0 Å². The second-order valence-electron chi connectivity index (χ2n) is 8.21. The molecule has 0 N–H and O–H groups in total. The number of carbonyl (C=O) groups excluding carboxylic acids is 1. The van der Waals surface area contributed by atoms with Crippen LogP contribution in [-0.4, -0.2) is 38.6 Å². The Balaban J connectivity index is 2.22. The molecule has 1 aliphatic rings. The maximum atomic E-state index is 13.8. The first-order valence-electron chi connectivity index (χ1n) is 10.9. The second-order valence-corrected chi connectivity index (χ2v) is 10.5. The van der Waals surface area contributed by atoms with Gasteiger partial charge >= 0.3 is 0 Å². The molecule has 172 valence electrons. The van der Waals surface area contributed by atoms with Crippen LogP contribution in [0.2, 0.25) is 0 Å². The van der Waals surface area contributed by atoms with E-state index in [0.717, 1.165) is 25.7 Å². The summed E-state index contributed by atoms with van der Waals surface area (Å²) in [7, 11) is -1.87. The molecule has 1 fully saturated rings. The molecule has 0 radical (unpaired) electrons. The van der Waals surface area contributed by atoms with Gasteiger partial charge in [0.25, 0.3) is 0 Å². The average molecular weight is 460 g/mol. The predicted molar refractivity (Wildman–Crippen MR) is 124 cm³/mol. The minimum absolute atomic E-state index is 0.0296. The van der Waals surface area contributed by atoms with Gasteiger partial charge in [-0.2, -0.15) is 0 Å². The van der Waals surface area contributed by atoms with Gasteiger partial charge in [-0.3, -0.25) is 4.79 Å². The van der Waals surface area contributed by atoms with Crippen molar-refractivity contribution in [2.75, 3.05) is 12.8 Å². The molecule has 0 bridgehead atoms. The summed E-state index contributed by atoms with van der Waals surface area (Å²) in [6.07, 6.45) is 7.59. The number of rotatable bonds is 8. The largest absolute Gasteiger partial charge is 0.490 e. The summed E-state index contributed by atoms with van der Waals surface area (Å²) in [5.74, 6) is 0.162. The summed E-state index contributed by atoms with van der Waals surface area (Å²) in [5.41, 5.74) is 2.52. The average Bonchev–Trinajstić information content (AvgIpc) is 2.78. The van der Waals surface area contributed by atoms with Gasteiger partial charge < -0.3 is 9.64 Å². The molecule has 3 rings (SSSR count). The topological polar surface area (TPSA) is 63.7 Å². The lowest BCUT2D eigenvalue weighted by Crippen LogP contribution is -2.20. The number of aryl methyl sites for hydroxylation is 1. The standard InChI is InChI=1S/C25H30FNO4S/c1-4-32(29,30)21-11-13-25(31-20-8-6-5-7-9-20)23(15-21)24(16-27(3)17-28)22-12-10-19(26)14-18(22)2/h10-17,20H,4-9H2,1-3H3/b24-16+. The summed E-state index contributed by atoms with van der Waals surface area (Å²) in [6.45, 7) is 3.38. The van der Waals surface area contributed by atoms with Crippen LogP contribution in [0.1, 0.15) is 55.7 Å². The van der Waals surface area contributed by atoms with E-state index in [2.05, 4.69) is 0 Å². The molecule has 0 heterocycles. The highest BCUT2D eigenvalue weighted by Gasteiger charge is 2.22. The molecule has 2 aromatic rings. The summed E-state index contributed by atoms with van der Waals surface area (Å²) in [5, 5.41) is 0. The molecule has 0 spiro atoms. The van der Waals surface area contributed by atoms with Gasteiger partial charge in [-0.1, -0.05) is 19.4 Å². The first kappa shape index (κ1) is 24.0. The number of ether oxygens (including phenoxy) is 1. The Morgan fingerprint density at radius 2 is 1.84 bits per heavy atom. The van der Waals surface area contributed by atoms with Crippen LogP contribution in [0.3, 0.4) is 0 Å². The fraction of sp³-hybridized carbons (Fsp3) is 0.400. The number of carbonyl (C=O) groups is 1. The van der Waals surface area contributed by atoms with Crippen LogP contribution in [-0.2, 0) is 14.6 Å². The van der Waals surface area contributed by atoms with Crippen LogP contribution < -0.4 is 4.74 Å². The van der Waals surface area contributed by atoms with E-state index in [1.807, 2.05) is 0 Å². The van der Waals surface area contributed by atoms with Crippen LogP contribution in [0.5, 0.6) is 5.75 Å². The van der Waals surface area contributed by atoms with Crippen molar-refractivity contribution in [1.29, 1.82) is 0 Å². The SMILES string of the molecule is CCS(=O)(=O)c1ccc(OC2CCCCC2)c(/C(=C/N(C)C=O)c2ccc(F)cc2C)c1. The van der Waals surface area contributed by atoms with Gasteiger partial charge in [0.05, 0.1) is 16.8 Å². The van der Waals surface area contributed by atoms with E-state index in [1.54, 1.807) is 51.4 Å². The summed E-state index contributed by atoms with van der Waals surface area (Å²) in [4.78, 5) is 12.9. The van der Waals surface area contributed by atoms with Crippen LogP contribution >= 0.6 is 0 Å². The van der Waals surface area contributed by atoms with E-state index in [9.17, 15) is 17.6 Å². The summed E-state index contributed by atoms with van der Waals surface area (Å²) < 4.78 is 45.4. The van der Waals surface area contributed by atoms with Gasteiger partial charge in [0.15, 0.2) is 9.84 Å². The molecule has 5 nitrogen and oxygen atoms in total. The van der Waals surface area contributed by atoms with E-state index < -0.39 is 9.84 Å². The van der Waals surface area contributed by atoms with Gasteiger partial charge in [0.1, 0.15) is 11.6 Å². The van der Waals surface area contributed by atoms with E-state index in [0.29, 0.717) is 34.4 Å². The molecule has 0 saturated heterocycles. The minimum Gasteiger partial charge on any atom is -0.490 e. The van der Waals surface area contributed by atoms with Gasteiger partial charge in [-0.25, -0.2) is 12.8 Å². The Morgan fingerprint density at radius 1 is 1.12 bits per heavy atom. The zero-order valence-electron chi connectivity index (χ0n) is 18.8. The van der Waals surface area contributed by atoms with E-state index in [-0.39, 0.29) is 22.6 Å². The molecule has 0 atom stereocenters. The Hall–Kier alpha value is -2.67. The zero-order chi connectivity index (χ0) is 23.3. The number of nitrogens with zero attached hydrogens (tertiary/aromatic N) is 1. The number of hydrogen-bond acceptors (Lipinski definition) is 4. The first-order chi connectivity index (χ1) is 15.2. The highest BCUT2D eigenvalue weighted by atomic mass is 32.2. The van der Waals surface area contributed by atoms with Crippen molar-refractivity contribution in [2.45, 2.75) is 57.0 Å². The maximum absolute atomic E-state index is 13.8. The molecule has 0 unspecified atom stereocenters. The number of sulfone groups is 1. The fourth-order valence-corrected chi connectivity index (χ4v) is 4.90. The third-order valence-corrected chi connectivity index (χ3v) is 7.54. The lowest BCUT2D eigenvalue weighted by Gasteiger charge is -2.26. The lowest BCUT2D eigenvalue weighted by molar-refractivity contribution is -0.114. The van der Waals surface area contributed by atoms with E-state index in [4.69, 9.17) is 4.74 Å².